The van der Waals surface area contributed by atoms with Crippen LogP contribution in [0.4, 0.5) is 0 Å². The molecule has 18 heavy (non-hydrogen) atoms. The standard InChI is InChI=1S/C15H16O3/c1-17-13-6-4-9(8-14(13)18-2)12-7-10-3-5-11(12)15(10)16/h3-6,8,10-12H,7H2,1-2H3/t10-,11+,12-/m1/s1. The van der Waals surface area contributed by atoms with Crippen LogP contribution in [0, 0.1) is 11.8 Å². The van der Waals surface area contributed by atoms with Crippen molar-refractivity contribution in [2.45, 2.75) is 12.3 Å². The Kier molecular flexibility index (Phi) is 2.62. The van der Waals surface area contributed by atoms with E-state index in [9.17, 15) is 4.79 Å². The lowest BCUT2D eigenvalue weighted by Crippen LogP contribution is -2.09. The molecule has 2 aliphatic carbocycles. The summed E-state index contributed by atoms with van der Waals surface area (Å²) < 4.78 is 10.5. The highest BCUT2D eigenvalue weighted by Crippen LogP contribution is 2.47. The molecule has 0 radical (unpaired) electrons. The fourth-order valence-corrected chi connectivity index (χ4v) is 3.06. The fourth-order valence-electron chi connectivity index (χ4n) is 3.06. The Bertz CT molecular complexity index is 518. The van der Waals surface area contributed by atoms with E-state index in [4.69, 9.17) is 9.47 Å². The summed E-state index contributed by atoms with van der Waals surface area (Å²) in [5.41, 5.74) is 1.16. The average molecular weight is 244 g/mol. The third-order valence-corrected chi connectivity index (χ3v) is 4.02. The zero-order valence-electron chi connectivity index (χ0n) is 10.6. The molecule has 0 heterocycles. The Balaban J connectivity index is 1.94. The molecule has 1 aromatic rings. The average Bonchev–Trinajstić information content (AvgIpc) is 2.93. The molecule has 1 fully saturated rings. The number of carbonyl (C=O) groups is 1. The number of fused-ring (bicyclic) bond motifs is 2. The lowest BCUT2D eigenvalue weighted by Gasteiger charge is -2.18. The number of Topliss-reactive ketones (excluding diaryl/α,β-unsaturated/α-hetero) is 1. The van der Waals surface area contributed by atoms with Crippen molar-refractivity contribution in [3.63, 3.8) is 0 Å². The number of hydrogen-bond acceptors (Lipinski definition) is 3. The molecular weight excluding hydrogens is 228 g/mol. The summed E-state index contributed by atoms with van der Waals surface area (Å²) in [7, 11) is 3.26. The van der Waals surface area contributed by atoms with Crippen LogP contribution in [-0.2, 0) is 4.79 Å². The largest absolute Gasteiger partial charge is 0.493 e. The van der Waals surface area contributed by atoms with Gasteiger partial charge in [0, 0.05) is 11.8 Å². The molecule has 0 aromatic heterocycles. The summed E-state index contributed by atoms with van der Waals surface area (Å²) in [6.07, 6.45) is 5.03. The van der Waals surface area contributed by atoms with Crippen molar-refractivity contribution >= 4 is 5.78 Å². The van der Waals surface area contributed by atoms with Gasteiger partial charge in [-0.25, -0.2) is 0 Å². The minimum atomic E-state index is 0.0631. The summed E-state index contributed by atoms with van der Waals surface area (Å²) in [5.74, 6) is 2.32. The van der Waals surface area contributed by atoms with Gasteiger partial charge in [0.15, 0.2) is 11.5 Å². The maximum atomic E-state index is 11.9. The molecule has 3 atom stereocenters. The Hall–Kier alpha value is -1.77. The van der Waals surface area contributed by atoms with Crippen LogP contribution in [0.2, 0.25) is 0 Å². The predicted octanol–water partition coefficient (Wildman–Crippen LogP) is 2.56. The van der Waals surface area contributed by atoms with Gasteiger partial charge in [-0.3, -0.25) is 4.79 Å². The minimum absolute atomic E-state index is 0.0631. The van der Waals surface area contributed by atoms with Gasteiger partial charge < -0.3 is 9.47 Å². The molecule has 0 unspecified atom stereocenters. The topological polar surface area (TPSA) is 35.5 Å². The van der Waals surface area contributed by atoms with Gasteiger partial charge in [-0.15, -0.1) is 0 Å². The number of methoxy groups -OCH3 is 2. The molecule has 0 aliphatic heterocycles. The van der Waals surface area contributed by atoms with E-state index in [1.807, 2.05) is 24.3 Å². The van der Waals surface area contributed by atoms with Gasteiger partial charge in [-0.2, -0.15) is 0 Å². The minimum Gasteiger partial charge on any atom is -0.493 e. The molecule has 1 saturated carbocycles. The third-order valence-electron chi connectivity index (χ3n) is 4.02. The molecule has 3 nitrogen and oxygen atoms in total. The first-order valence-electron chi connectivity index (χ1n) is 6.18. The number of hydrogen-bond donors (Lipinski definition) is 0. The maximum Gasteiger partial charge on any atom is 0.160 e. The normalized spacial score (nSPS) is 28.8. The number of ketones is 1. The van der Waals surface area contributed by atoms with Gasteiger partial charge in [-0.05, 0) is 30.0 Å². The second kappa shape index (κ2) is 4.16. The molecule has 3 rings (SSSR count). The van der Waals surface area contributed by atoms with Crippen LogP contribution in [0.25, 0.3) is 0 Å². The highest BCUT2D eigenvalue weighted by atomic mass is 16.5. The van der Waals surface area contributed by atoms with Gasteiger partial charge >= 0.3 is 0 Å². The monoisotopic (exact) mass is 244 g/mol. The van der Waals surface area contributed by atoms with Gasteiger partial charge in [0.2, 0.25) is 0 Å². The quantitative estimate of drug-likeness (QED) is 0.766. The molecule has 2 aliphatic rings. The Morgan fingerprint density at radius 3 is 2.44 bits per heavy atom. The van der Waals surface area contributed by atoms with E-state index in [1.54, 1.807) is 14.2 Å². The summed E-state index contributed by atoms with van der Waals surface area (Å²) in [4.78, 5) is 11.9. The van der Waals surface area contributed by atoms with Crippen molar-refractivity contribution in [2.24, 2.45) is 11.8 Å². The first-order chi connectivity index (χ1) is 8.74. The van der Waals surface area contributed by atoms with Crippen LogP contribution in [0.15, 0.2) is 30.4 Å². The zero-order chi connectivity index (χ0) is 12.7. The van der Waals surface area contributed by atoms with Crippen LogP contribution < -0.4 is 9.47 Å². The van der Waals surface area contributed by atoms with E-state index in [0.717, 1.165) is 23.5 Å². The van der Waals surface area contributed by atoms with Crippen LogP contribution in [-0.4, -0.2) is 20.0 Å². The lowest BCUT2D eigenvalue weighted by atomic mass is 9.86. The molecule has 3 heteroatoms. The maximum absolute atomic E-state index is 11.9. The zero-order valence-corrected chi connectivity index (χ0v) is 10.6. The van der Waals surface area contributed by atoms with Crippen molar-refractivity contribution in [3.8, 4) is 11.5 Å². The predicted molar refractivity (Wildman–Crippen MR) is 68.0 cm³/mol. The highest BCUT2D eigenvalue weighted by molar-refractivity contribution is 5.92. The van der Waals surface area contributed by atoms with Crippen LogP contribution in [0.3, 0.4) is 0 Å². The molecule has 1 aromatic carbocycles. The summed E-state index contributed by atoms with van der Waals surface area (Å²) >= 11 is 0. The SMILES string of the molecule is COc1ccc([C@H]2C[C@H]3C=C[C@@H]2C3=O)cc1OC. The first-order valence-corrected chi connectivity index (χ1v) is 6.18. The van der Waals surface area contributed by atoms with Crippen molar-refractivity contribution in [3.05, 3.63) is 35.9 Å². The first kappa shape index (κ1) is 11.3. The van der Waals surface area contributed by atoms with Crippen LogP contribution in [0.5, 0.6) is 11.5 Å². The van der Waals surface area contributed by atoms with E-state index in [2.05, 4.69) is 6.08 Å². The van der Waals surface area contributed by atoms with E-state index >= 15 is 0 Å². The molecule has 94 valence electrons. The molecule has 2 bridgehead atoms. The molecule has 0 spiro atoms. The van der Waals surface area contributed by atoms with Crippen molar-refractivity contribution in [1.29, 1.82) is 0 Å². The number of carbonyl (C=O) groups excluding carboxylic acids is 1. The Morgan fingerprint density at radius 2 is 1.89 bits per heavy atom. The third kappa shape index (κ3) is 1.54. The van der Waals surface area contributed by atoms with Crippen LogP contribution >= 0.6 is 0 Å². The molecule has 0 saturated heterocycles. The number of allylic oxidation sites excluding steroid dienone is 2. The van der Waals surface area contributed by atoms with Crippen molar-refractivity contribution < 1.29 is 14.3 Å². The molecular formula is C15H16O3. The summed E-state index contributed by atoms with van der Waals surface area (Å²) in [6.45, 7) is 0. The summed E-state index contributed by atoms with van der Waals surface area (Å²) in [5, 5.41) is 0. The summed E-state index contributed by atoms with van der Waals surface area (Å²) in [6, 6.07) is 5.94. The van der Waals surface area contributed by atoms with Gasteiger partial charge in [-0.1, -0.05) is 18.2 Å². The number of benzene rings is 1. The van der Waals surface area contributed by atoms with Crippen molar-refractivity contribution in [2.75, 3.05) is 14.2 Å². The van der Waals surface area contributed by atoms with Crippen molar-refractivity contribution in [1.82, 2.24) is 0 Å². The Labute approximate surface area is 106 Å². The molecule has 0 amide bonds. The number of ether oxygens (including phenoxy) is 2. The van der Waals surface area contributed by atoms with Gasteiger partial charge in [0.05, 0.1) is 14.2 Å². The van der Waals surface area contributed by atoms with Gasteiger partial charge in [0.1, 0.15) is 5.78 Å². The number of rotatable bonds is 3. The van der Waals surface area contributed by atoms with E-state index in [-0.39, 0.29) is 11.8 Å². The molecule has 0 N–H and O–H groups in total. The smallest absolute Gasteiger partial charge is 0.160 e. The van der Waals surface area contributed by atoms with E-state index < -0.39 is 0 Å². The van der Waals surface area contributed by atoms with Crippen LogP contribution in [0.1, 0.15) is 17.9 Å². The van der Waals surface area contributed by atoms with E-state index in [1.165, 1.54) is 0 Å². The fraction of sp³-hybridized carbons (Fsp3) is 0.400. The second-order valence-electron chi connectivity index (χ2n) is 4.88. The Morgan fingerprint density at radius 1 is 1.11 bits per heavy atom. The van der Waals surface area contributed by atoms with E-state index in [0.29, 0.717) is 11.7 Å². The highest BCUT2D eigenvalue weighted by Gasteiger charge is 2.44. The van der Waals surface area contributed by atoms with Gasteiger partial charge in [0.25, 0.3) is 0 Å². The second-order valence-corrected chi connectivity index (χ2v) is 4.88. The lowest BCUT2D eigenvalue weighted by molar-refractivity contribution is -0.120.